The molecule has 0 aromatic heterocycles. The summed E-state index contributed by atoms with van der Waals surface area (Å²) in [5, 5.41) is 6.10. The van der Waals surface area contributed by atoms with E-state index in [9.17, 15) is 14.4 Å². The minimum Gasteiger partial charge on any atom is -0.352 e. The summed E-state index contributed by atoms with van der Waals surface area (Å²) in [6, 6.07) is 0.423. The van der Waals surface area contributed by atoms with E-state index >= 15 is 0 Å². The van der Waals surface area contributed by atoms with Crippen LogP contribution in [-0.2, 0) is 14.4 Å². The first-order valence-electron chi connectivity index (χ1n) is 9.62. The summed E-state index contributed by atoms with van der Waals surface area (Å²) in [4.78, 5) is 37.3. The summed E-state index contributed by atoms with van der Waals surface area (Å²) < 4.78 is 0. The van der Waals surface area contributed by atoms with Crippen molar-refractivity contribution < 1.29 is 14.4 Å². The largest absolute Gasteiger partial charge is 0.352 e. The lowest BCUT2D eigenvalue weighted by Crippen LogP contribution is -2.48. The summed E-state index contributed by atoms with van der Waals surface area (Å²) in [5.74, 6) is 0.178. The molecule has 0 atom stereocenters. The number of nitrogens with one attached hydrogen (secondary N) is 2. The number of hydrogen-bond acceptors (Lipinski definition) is 4. The Bertz CT molecular complexity index is 414. The first-order chi connectivity index (χ1) is 11.8. The van der Waals surface area contributed by atoms with Crippen molar-refractivity contribution >= 4 is 17.6 Å². The second kappa shape index (κ2) is 12.9. The lowest BCUT2D eigenvalue weighted by Gasteiger charge is -2.32. The molecule has 146 valence electrons. The van der Waals surface area contributed by atoms with Gasteiger partial charge in [-0.25, -0.2) is 0 Å². The zero-order valence-electron chi connectivity index (χ0n) is 16.9. The van der Waals surface area contributed by atoms with Gasteiger partial charge in [-0.3, -0.25) is 14.4 Å². The highest BCUT2D eigenvalue weighted by Gasteiger charge is 2.24. The molecule has 0 aromatic rings. The smallest absolute Gasteiger partial charge is 0.234 e. The number of piperidine rings is 1. The molecule has 1 fully saturated rings. The lowest BCUT2D eigenvalue weighted by atomic mass is 10.0. The minimum absolute atomic E-state index is 0.00556. The van der Waals surface area contributed by atoms with E-state index in [4.69, 9.17) is 0 Å². The Labute approximate surface area is 153 Å². The van der Waals surface area contributed by atoms with Gasteiger partial charge in [0.2, 0.25) is 11.8 Å². The highest BCUT2D eigenvalue weighted by atomic mass is 16.2. The molecule has 1 saturated heterocycles. The average molecular weight is 356 g/mol. The maximum absolute atomic E-state index is 12.1. The molecule has 1 rings (SSSR count). The molecule has 0 aliphatic carbocycles. The number of ketones is 1. The fourth-order valence-electron chi connectivity index (χ4n) is 2.53. The van der Waals surface area contributed by atoms with Gasteiger partial charge in [-0.05, 0) is 12.8 Å². The summed E-state index contributed by atoms with van der Waals surface area (Å²) in [6.07, 6.45) is 2.18. The van der Waals surface area contributed by atoms with Crippen LogP contribution in [0.15, 0.2) is 0 Å². The molecule has 0 spiro atoms. The van der Waals surface area contributed by atoms with Crippen molar-refractivity contribution in [2.75, 3.05) is 19.6 Å². The lowest BCUT2D eigenvalue weighted by molar-refractivity contribution is -0.134. The van der Waals surface area contributed by atoms with Crippen LogP contribution < -0.4 is 10.6 Å². The van der Waals surface area contributed by atoms with Crippen molar-refractivity contribution in [2.24, 2.45) is 5.92 Å². The van der Waals surface area contributed by atoms with Gasteiger partial charge in [0.25, 0.3) is 0 Å². The second-order valence-corrected chi connectivity index (χ2v) is 6.88. The predicted octanol–water partition coefficient (Wildman–Crippen LogP) is 2.12. The number of carbonyl (C=O) groups is 3. The maximum Gasteiger partial charge on any atom is 0.234 e. The Balaban J connectivity index is 0.00000277. The van der Waals surface area contributed by atoms with E-state index in [1.54, 1.807) is 0 Å². The van der Waals surface area contributed by atoms with E-state index in [0.717, 1.165) is 12.8 Å². The molecule has 1 aliphatic heterocycles. The number of amides is 2. The van der Waals surface area contributed by atoms with Crippen LogP contribution in [0.4, 0.5) is 0 Å². The molecular weight excluding hydrogens is 318 g/mol. The van der Waals surface area contributed by atoms with E-state index < -0.39 is 0 Å². The van der Waals surface area contributed by atoms with Crippen LogP contribution in [-0.4, -0.2) is 54.2 Å². The molecule has 0 saturated carbocycles. The molecule has 2 N–H and O–H groups in total. The van der Waals surface area contributed by atoms with Gasteiger partial charge in [0, 0.05) is 43.9 Å². The van der Waals surface area contributed by atoms with Crippen molar-refractivity contribution in [2.45, 2.75) is 79.3 Å². The van der Waals surface area contributed by atoms with Crippen LogP contribution in [0.5, 0.6) is 0 Å². The molecule has 1 aliphatic rings. The van der Waals surface area contributed by atoms with Crippen LogP contribution in [0.3, 0.4) is 0 Å². The Hall–Kier alpha value is -1.43. The number of nitrogens with zero attached hydrogens (tertiary/aromatic N) is 1. The quantitative estimate of drug-likeness (QED) is 0.699. The third-order valence-corrected chi connectivity index (χ3v) is 4.11. The van der Waals surface area contributed by atoms with Crippen molar-refractivity contribution in [3.05, 3.63) is 0 Å². The van der Waals surface area contributed by atoms with Crippen LogP contribution in [0.2, 0.25) is 0 Å². The number of hydrogen-bond donors (Lipinski definition) is 2. The van der Waals surface area contributed by atoms with Crippen molar-refractivity contribution in [1.82, 2.24) is 15.5 Å². The first-order valence-corrected chi connectivity index (χ1v) is 9.62. The monoisotopic (exact) mass is 355 g/mol. The fourth-order valence-corrected chi connectivity index (χ4v) is 2.53. The van der Waals surface area contributed by atoms with Crippen LogP contribution in [0.1, 0.15) is 67.2 Å². The summed E-state index contributed by atoms with van der Waals surface area (Å²) in [6.45, 7) is 13.3. The highest BCUT2D eigenvalue weighted by molar-refractivity contribution is 5.86. The third-order valence-electron chi connectivity index (χ3n) is 4.11. The highest BCUT2D eigenvalue weighted by Crippen LogP contribution is 2.13. The van der Waals surface area contributed by atoms with E-state index in [-0.39, 0.29) is 35.6 Å². The van der Waals surface area contributed by atoms with Crippen LogP contribution >= 0.6 is 0 Å². The van der Waals surface area contributed by atoms with Crippen molar-refractivity contribution in [3.8, 4) is 0 Å². The van der Waals surface area contributed by atoms with Crippen molar-refractivity contribution in [3.63, 3.8) is 0 Å². The zero-order chi connectivity index (χ0) is 19.4. The topological polar surface area (TPSA) is 78.5 Å². The molecule has 2 amide bonds. The van der Waals surface area contributed by atoms with Gasteiger partial charge in [-0.1, -0.05) is 41.5 Å². The van der Waals surface area contributed by atoms with Gasteiger partial charge >= 0.3 is 0 Å². The number of carbonyl (C=O) groups excluding carboxylic acids is 3. The number of likely N-dealkylation sites (tertiary alicyclic amines) is 1. The molecule has 25 heavy (non-hydrogen) atoms. The van der Waals surface area contributed by atoms with Gasteiger partial charge in [0.15, 0.2) is 0 Å². The zero-order valence-corrected chi connectivity index (χ0v) is 16.9. The molecular formula is C19H37N3O3. The van der Waals surface area contributed by atoms with Gasteiger partial charge in [-0.2, -0.15) is 0 Å². The van der Waals surface area contributed by atoms with Gasteiger partial charge in [0.05, 0.1) is 6.54 Å². The SMILES string of the molecule is CC.CC(C)NCC(=O)NC1CCN(C(=O)CCC(=O)C(C)C)CC1. The number of rotatable bonds is 8. The van der Waals surface area contributed by atoms with Crippen molar-refractivity contribution in [1.29, 1.82) is 0 Å². The van der Waals surface area contributed by atoms with E-state index in [1.165, 1.54) is 0 Å². The average Bonchev–Trinajstić information content (AvgIpc) is 2.59. The van der Waals surface area contributed by atoms with Gasteiger partial charge < -0.3 is 15.5 Å². The van der Waals surface area contributed by atoms with E-state index in [0.29, 0.717) is 32.5 Å². The third kappa shape index (κ3) is 10.2. The summed E-state index contributed by atoms with van der Waals surface area (Å²) >= 11 is 0. The van der Waals surface area contributed by atoms with Gasteiger partial charge in [0.1, 0.15) is 5.78 Å². The standard InChI is InChI=1S/C17H31N3O3.C2H6/c1-12(2)15(21)5-6-17(23)20-9-7-14(8-10-20)19-16(22)11-18-13(3)4;1-2/h12-14,18H,5-11H2,1-4H3,(H,19,22);1-2H3. The first kappa shape index (κ1) is 23.6. The number of Topliss-reactive ketones (excluding diaryl/α,β-unsaturated/α-hetero) is 1. The van der Waals surface area contributed by atoms with E-state index in [1.807, 2.05) is 46.4 Å². The minimum atomic E-state index is -0.0109. The van der Waals surface area contributed by atoms with Crippen LogP contribution in [0.25, 0.3) is 0 Å². The second-order valence-electron chi connectivity index (χ2n) is 6.88. The molecule has 0 aromatic carbocycles. The molecule has 6 nitrogen and oxygen atoms in total. The summed E-state index contributed by atoms with van der Waals surface area (Å²) in [7, 11) is 0. The Kier molecular flexibility index (Phi) is 12.1. The molecule has 0 bridgehead atoms. The fraction of sp³-hybridized carbons (Fsp3) is 0.842. The Morgan fingerprint density at radius 3 is 2.04 bits per heavy atom. The predicted molar refractivity (Wildman–Crippen MR) is 101 cm³/mol. The Morgan fingerprint density at radius 2 is 1.56 bits per heavy atom. The molecule has 6 heteroatoms. The normalized spacial score (nSPS) is 15.0. The molecule has 1 heterocycles. The molecule has 0 radical (unpaired) electrons. The summed E-state index contributed by atoms with van der Waals surface area (Å²) in [5.41, 5.74) is 0. The van der Waals surface area contributed by atoms with Gasteiger partial charge in [-0.15, -0.1) is 0 Å². The Morgan fingerprint density at radius 1 is 1.00 bits per heavy atom. The molecule has 0 unspecified atom stereocenters. The van der Waals surface area contributed by atoms with Crippen LogP contribution in [0, 0.1) is 5.92 Å². The van der Waals surface area contributed by atoms with E-state index in [2.05, 4.69) is 10.6 Å². The maximum atomic E-state index is 12.1.